The molecule has 0 fully saturated rings. The molecule has 0 aliphatic rings. The van der Waals surface area contributed by atoms with Crippen LogP contribution in [0.5, 0.6) is 0 Å². The van der Waals surface area contributed by atoms with Gasteiger partial charge in [0.1, 0.15) is 17.1 Å². The first kappa shape index (κ1) is 15.6. The van der Waals surface area contributed by atoms with Crippen LogP contribution in [0.2, 0.25) is 0 Å². The number of hydrogen-bond acceptors (Lipinski definition) is 8. The molecule has 0 atom stereocenters. The van der Waals surface area contributed by atoms with E-state index in [1.54, 1.807) is 13.8 Å². The van der Waals surface area contributed by atoms with Crippen LogP contribution in [0.25, 0.3) is 0 Å². The molecule has 0 unspecified atom stereocenters. The first-order chi connectivity index (χ1) is 9.62. The largest absolute Gasteiger partial charge is 0.240 e. The summed E-state index contributed by atoms with van der Waals surface area (Å²) < 4.78 is 0. The molecular weight excluding hydrogens is 296 g/mol. The molecule has 0 aliphatic carbocycles. The van der Waals surface area contributed by atoms with Gasteiger partial charge in [-0.3, -0.25) is 0 Å². The lowest BCUT2D eigenvalue weighted by Crippen LogP contribution is -1.86. The van der Waals surface area contributed by atoms with Gasteiger partial charge in [-0.15, -0.1) is 0 Å². The highest BCUT2D eigenvalue weighted by Crippen LogP contribution is 2.47. The molecule has 6 nitrogen and oxygen atoms in total. The molecular formula is C12H6N4O2S2. The standard InChI is InChI=1S/C12H6N4O2S2/c1-7-9(15-5-19)8(2)11(14-4-18)12(16-6-20)10(7)13-3-17/h1-2H3. The fourth-order valence-electron chi connectivity index (χ4n) is 1.70. The molecule has 1 rings (SSSR count). The number of benzene rings is 1. The van der Waals surface area contributed by atoms with Crippen LogP contribution >= 0.6 is 24.4 Å². The zero-order valence-electron chi connectivity index (χ0n) is 10.4. The van der Waals surface area contributed by atoms with E-state index in [2.05, 4.69) is 54.7 Å². The van der Waals surface area contributed by atoms with Crippen LogP contribution in [0, 0.1) is 13.8 Å². The fraction of sp³-hybridized carbons (Fsp3) is 0.167. The minimum Gasteiger partial charge on any atom is -0.211 e. The number of carbonyl (C=O) groups excluding carboxylic acids is 2. The Hall–Kier alpha value is -2.42. The van der Waals surface area contributed by atoms with E-state index in [4.69, 9.17) is 0 Å². The minimum absolute atomic E-state index is 0.130. The summed E-state index contributed by atoms with van der Waals surface area (Å²) >= 11 is 9.11. The van der Waals surface area contributed by atoms with Crippen molar-refractivity contribution < 1.29 is 9.59 Å². The van der Waals surface area contributed by atoms with Gasteiger partial charge in [-0.05, 0) is 38.3 Å². The van der Waals surface area contributed by atoms with Gasteiger partial charge in [0.05, 0.1) is 16.0 Å². The SMILES string of the molecule is Cc1c(N=C=S)c(C)c(N=C=O)c(N=C=S)c1N=C=O. The van der Waals surface area contributed by atoms with Crippen molar-refractivity contribution in [2.45, 2.75) is 13.8 Å². The number of rotatable bonds is 4. The van der Waals surface area contributed by atoms with Crippen molar-refractivity contribution in [3.8, 4) is 0 Å². The summed E-state index contributed by atoms with van der Waals surface area (Å²) in [5, 5.41) is 4.37. The molecule has 0 saturated heterocycles. The van der Waals surface area contributed by atoms with Gasteiger partial charge in [0.25, 0.3) is 0 Å². The fourth-order valence-corrected chi connectivity index (χ4v) is 1.89. The summed E-state index contributed by atoms with van der Waals surface area (Å²) in [7, 11) is 0. The van der Waals surface area contributed by atoms with Crippen LogP contribution < -0.4 is 0 Å². The maximum atomic E-state index is 10.6. The third-order valence-electron chi connectivity index (χ3n) is 2.50. The quantitative estimate of drug-likeness (QED) is 0.482. The highest BCUT2D eigenvalue weighted by Gasteiger charge is 2.19. The molecule has 0 bridgehead atoms. The van der Waals surface area contributed by atoms with Gasteiger partial charge in [0, 0.05) is 11.1 Å². The van der Waals surface area contributed by atoms with Crippen molar-refractivity contribution in [2.24, 2.45) is 20.0 Å². The predicted octanol–water partition coefficient (Wildman–Crippen LogP) is 3.71. The van der Waals surface area contributed by atoms with Crippen LogP contribution in [0.15, 0.2) is 20.0 Å². The smallest absolute Gasteiger partial charge is 0.211 e. The minimum atomic E-state index is 0.130. The maximum Gasteiger partial charge on any atom is 0.240 e. The number of hydrogen-bond donors (Lipinski definition) is 0. The Balaban J connectivity index is 4.09. The van der Waals surface area contributed by atoms with Crippen molar-refractivity contribution in [3.63, 3.8) is 0 Å². The molecule has 0 aromatic heterocycles. The second kappa shape index (κ2) is 7.24. The Morgan fingerprint density at radius 2 is 1.10 bits per heavy atom. The lowest BCUT2D eigenvalue weighted by atomic mass is 10.0. The van der Waals surface area contributed by atoms with Crippen molar-refractivity contribution in [1.82, 2.24) is 0 Å². The summed E-state index contributed by atoms with van der Waals surface area (Å²) in [5.41, 5.74) is 1.83. The maximum absolute atomic E-state index is 10.6. The van der Waals surface area contributed by atoms with Crippen LogP contribution in [-0.4, -0.2) is 22.5 Å². The average molecular weight is 302 g/mol. The highest BCUT2D eigenvalue weighted by molar-refractivity contribution is 7.78. The van der Waals surface area contributed by atoms with Crippen molar-refractivity contribution in [3.05, 3.63) is 11.1 Å². The van der Waals surface area contributed by atoms with E-state index >= 15 is 0 Å². The first-order valence-electron chi connectivity index (χ1n) is 5.11. The van der Waals surface area contributed by atoms with Crippen molar-refractivity contribution in [1.29, 1.82) is 0 Å². The van der Waals surface area contributed by atoms with E-state index in [1.165, 1.54) is 12.2 Å². The molecule has 1 aromatic carbocycles. The molecule has 0 heterocycles. The molecule has 20 heavy (non-hydrogen) atoms. The summed E-state index contributed by atoms with van der Waals surface area (Å²) in [4.78, 5) is 35.9. The van der Waals surface area contributed by atoms with Gasteiger partial charge in [-0.25, -0.2) is 9.59 Å². The van der Waals surface area contributed by atoms with Gasteiger partial charge in [0.15, 0.2) is 0 Å². The van der Waals surface area contributed by atoms with E-state index in [9.17, 15) is 9.59 Å². The zero-order chi connectivity index (χ0) is 15.1. The van der Waals surface area contributed by atoms with E-state index in [1.807, 2.05) is 0 Å². The summed E-state index contributed by atoms with van der Waals surface area (Å²) in [6.45, 7) is 3.32. The molecule has 0 amide bonds. The molecule has 98 valence electrons. The van der Waals surface area contributed by atoms with E-state index in [0.29, 0.717) is 16.8 Å². The molecule has 8 heteroatoms. The number of isothiocyanates is 2. The topological polar surface area (TPSA) is 83.6 Å². The third-order valence-corrected chi connectivity index (χ3v) is 2.68. The first-order valence-corrected chi connectivity index (χ1v) is 5.92. The number of thiocarbonyl (C=S) groups is 2. The van der Waals surface area contributed by atoms with Gasteiger partial charge in [-0.2, -0.15) is 20.0 Å². The van der Waals surface area contributed by atoms with Crippen molar-refractivity contribution in [2.75, 3.05) is 0 Å². The van der Waals surface area contributed by atoms with Crippen LogP contribution in [0.3, 0.4) is 0 Å². The van der Waals surface area contributed by atoms with Crippen LogP contribution in [0.4, 0.5) is 22.7 Å². The third kappa shape index (κ3) is 2.94. The molecule has 0 saturated carbocycles. The summed E-state index contributed by atoms with van der Waals surface area (Å²) in [6, 6.07) is 0. The van der Waals surface area contributed by atoms with E-state index in [-0.39, 0.29) is 17.1 Å². The molecule has 1 aromatic rings. The molecule has 0 radical (unpaired) electrons. The highest BCUT2D eigenvalue weighted by atomic mass is 32.1. The number of aliphatic imine (C=N–C) groups is 4. The second-order valence-electron chi connectivity index (χ2n) is 3.46. The number of nitrogens with zero attached hydrogens (tertiary/aromatic N) is 4. The average Bonchev–Trinajstić information content (AvgIpc) is 2.43. The van der Waals surface area contributed by atoms with Gasteiger partial charge in [-0.1, -0.05) is 0 Å². The Bertz CT molecular complexity index is 717. The van der Waals surface area contributed by atoms with E-state index < -0.39 is 0 Å². The predicted molar refractivity (Wildman–Crippen MR) is 80.9 cm³/mol. The van der Waals surface area contributed by atoms with Crippen LogP contribution in [0.1, 0.15) is 11.1 Å². The lowest BCUT2D eigenvalue weighted by molar-refractivity contribution is 0.564. The van der Waals surface area contributed by atoms with Gasteiger partial charge < -0.3 is 0 Å². The van der Waals surface area contributed by atoms with Gasteiger partial charge >= 0.3 is 0 Å². The molecule has 0 N–H and O–H groups in total. The van der Waals surface area contributed by atoms with Crippen molar-refractivity contribution >= 4 is 69.7 Å². The Kier molecular flexibility index (Phi) is 5.66. The van der Waals surface area contributed by atoms with Gasteiger partial charge in [0.2, 0.25) is 12.2 Å². The normalized spacial score (nSPS) is 8.50. The Morgan fingerprint density at radius 3 is 1.45 bits per heavy atom. The molecule has 0 aliphatic heterocycles. The Labute approximate surface area is 124 Å². The zero-order valence-corrected chi connectivity index (χ0v) is 12.1. The molecule has 0 spiro atoms. The summed E-state index contributed by atoms with van der Waals surface area (Å²) in [5.74, 6) is 0. The van der Waals surface area contributed by atoms with Crippen LogP contribution in [-0.2, 0) is 9.59 Å². The second-order valence-corrected chi connectivity index (χ2v) is 3.82. The Morgan fingerprint density at radius 1 is 0.700 bits per heavy atom. The summed E-state index contributed by atoms with van der Waals surface area (Å²) in [6.07, 6.45) is 2.81. The van der Waals surface area contributed by atoms with E-state index in [0.717, 1.165) is 0 Å². The lowest BCUT2D eigenvalue weighted by Gasteiger charge is -2.11. The number of isocyanates is 2. The monoisotopic (exact) mass is 302 g/mol.